The molecule has 3 atom stereocenters. The van der Waals surface area contributed by atoms with Crippen LogP contribution in [-0.4, -0.2) is 87.6 Å². The van der Waals surface area contributed by atoms with E-state index in [0.717, 1.165) is 16.7 Å². The normalized spacial score (nSPS) is 20.2. The lowest BCUT2D eigenvalue weighted by Crippen LogP contribution is -2.76. The summed E-state index contributed by atoms with van der Waals surface area (Å²) in [6.45, 7) is 6.22. The van der Waals surface area contributed by atoms with E-state index in [1.807, 2.05) is 85.8 Å². The van der Waals surface area contributed by atoms with Gasteiger partial charge in [0.25, 0.3) is 0 Å². The van der Waals surface area contributed by atoms with Crippen molar-refractivity contribution in [3.05, 3.63) is 108 Å². The highest BCUT2D eigenvalue weighted by Crippen LogP contribution is 2.32. The Morgan fingerprint density at radius 1 is 1.09 bits per heavy atom. The van der Waals surface area contributed by atoms with Gasteiger partial charge in [-0.1, -0.05) is 91.5 Å². The van der Waals surface area contributed by atoms with Crippen LogP contribution in [0.4, 0.5) is 4.79 Å². The number of urea groups is 1. The Bertz CT molecular complexity index is 1380. The number of likely N-dealkylation sites (N-methyl/N-ethyl adjacent to an activating group) is 1. The summed E-state index contributed by atoms with van der Waals surface area (Å²) in [5.41, 5.74) is 2.88. The molecule has 0 saturated carbocycles. The van der Waals surface area contributed by atoms with E-state index in [0.29, 0.717) is 0 Å². The van der Waals surface area contributed by atoms with Crippen LogP contribution in [0.3, 0.4) is 0 Å². The molecule has 43 heavy (non-hydrogen) atoms. The molecule has 2 heterocycles. The minimum atomic E-state index is -1.06. The quantitative estimate of drug-likeness (QED) is 0.389. The lowest BCUT2D eigenvalue weighted by molar-refractivity contribution is -0.187. The van der Waals surface area contributed by atoms with Crippen molar-refractivity contribution >= 4 is 23.8 Å². The van der Waals surface area contributed by atoms with E-state index in [-0.39, 0.29) is 56.8 Å². The van der Waals surface area contributed by atoms with Crippen LogP contribution in [0.1, 0.15) is 36.8 Å². The zero-order valence-electron chi connectivity index (χ0n) is 24.6. The highest BCUT2D eigenvalue weighted by molar-refractivity contribution is 5.91. The molecule has 2 aromatic carbocycles. The standard InChI is InChI=1S/C33H39N5O5/c1-4-6-15-25(5-2)27(26-16-11-8-12-17-26)21-36-22-29-37(28(32(36)42)18-19-31(40)41)30(39)23-35(3)38(29)33(43)34-20-24-13-9-7-10-14-24/h4-17,27-29H,1,18-23H2,2-3H3,(H,34,43)(H,40,41)/b15-6-,25-5+/t27?,28-,29-/m0/s1. The van der Waals surface area contributed by atoms with Gasteiger partial charge in [-0.05, 0) is 30.0 Å². The Kier molecular flexibility index (Phi) is 10.5. The predicted octanol–water partition coefficient (Wildman–Crippen LogP) is 3.76. The monoisotopic (exact) mass is 585 g/mol. The summed E-state index contributed by atoms with van der Waals surface area (Å²) in [5, 5.41) is 15.4. The van der Waals surface area contributed by atoms with Crippen molar-refractivity contribution in [1.82, 2.24) is 25.1 Å². The van der Waals surface area contributed by atoms with Crippen molar-refractivity contribution < 1.29 is 24.3 Å². The first kappa shape index (κ1) is 31.2. The van der Waals surface area contributed by atoms with Crippen LogP contribution in [-0.2, 0) is 20.9 Å². The molecule has 2 aromatic rings. The number of rotatable bonds is 11. The summed E-state index contributed by atoms with van der Waals surface area (Å²) in [4.78, 5) is 55.7. The molecule has 0 bridgehead atoms. The van der Waals surface area contributed by atoms with E-state index in [9.17, 15) is 24.3 Å². The molecule has 2 N–H and O–H groups in total. The minimum Gasteiger partial charge on any atom is -0.481 e. The molecule has 0 radical (unpaired) electrons. The number of fused-ring (bicyclic) bond motifs is 1. The zero-order chi connectivity index (χ0) is 30.9. The minimum absolute atomic E-state index is 0.0566. The molecule has 10 heteroatoms. The fourth-order valence-corrected chi connectivity index (χ4v) is 5.76. The first-order valence-corrected chi connectivity index (χ1v) is 14.4. The number of piperazine rings is 1. The number of nitrogens with one attached hydrogen (secondary N) is 1. The van der Waals surface area contributed by atoms with Gasteiger partial charge in [-0.25, -0.2) is 14.8 Å². The van der Waals surface area contributed by atoms with Crippen LogP contribution in [0, 0.1) is 0 Å². The lowest BCUT2D eigenvalue weighted by Gasteiger charge is -2.54. The van der Waals surface area contributed by atoms with Gasteiger partial charge in [0, 0.05) is 32.5 Å². The SMILES string of the molecule is C=C/C=C\C(=C/C)C(CN1C[C@H]2N(C(=O)CN(C)N2C(=O)NCc2ccccc2)[C@@H](CCC(=O)O)C1=O)c1ccccc1. The van der Waals surface area contributed by atoms with Gasteiger partial charge in [0.2, 0.25) is 11.8 Å². The Morgan fingerprint density at radius 2 is 1.77 bits per heavy atom. The van der Waals surface area contributed by atoms with Crippen LogP contribution < -0.4 is 5.32 Å². The van der Waals surface area contributed by atoms with Gasteiger partial charge in [0.05, 0.1) is 13.1 Å². The van der Waals surface area contributed by atoms with E-state index in [2.05, 4.69) is 11.9 Å². The maximum atomic E-state index is 14.1. The number of hydrazine groups is 1. The highest BCUT2D eigenvalue weighted by atomic mass is 16.4. The molecule has 1 unspecified atom stereocenters. The molecule has 2 saturated heterocycles. The summed E-state index contributed by atoms with van der Waals surface area (Å²) in [7, 11) is 1.66. The smallest absolute Gasteiger partial charge is 0.334 e. The van der Waals surface area contributed by atoms with Gasteiger partial charge < -0.3 is 20.2 Å². The number of carboxylic acid groups (broad SMARTS) is 1. The second-order valence-electron chi connectivity index (χ2n) is 10.6. The molecule has 4 amide bonds. The average Bonchev–Trinajstić information content (AvgIpc) is 3.00. The third-order valence-electron chi connectivity index (χ3n) is 7.83. The Balaban J connectivity index is 1.69. The van der Waals surface area contributed by atoms with Crippen molar-refractivity contribution in [3.8, 4) is 0 Å². The van der Waals surface area contributed by atoms with Crippen molar-refractivity contribution in [2.75, 3.05) is 26.7 Å². The average molecular weight is 586 g/mol. The first-order valence-electron chi connectivity index (χ1n) is 14.4. The maximum absolute atomic E-state index is 14.1. The molecule has 4 rings (SSSR count). The summed E-state index contributed by atoms with van der Waals surface area (Å²) < 4.78 is 0. The number of carboxylic acids is 1. The summed E-state index contributed by atoms with van der Waals surface area (Å²) in [6.07, 6.45) is 6.31. The van der Waals surface area contributed by atoms with Crippen molar-refractivity contribution in [2.45, 2.75) is 44.4 Å². The molecule has 0 aliphatic carbocycles. The molecular formula is C33H39N5O5. The van der Waals surface area contributed by atoms with Gasteiger partial charge in [-0.3, -0.25) is 14.4 Å². The van der Waals surface area contributed by atoms with Gasteiger partial charge in [-0.2, -0.15) is 0 Å². The van der Waals surface area contributed by atoms with Gasteiger partial charge in [-0.15, -0.1) is 0 Å². The molecule has 2 fully saturated rings. The predicted molar refractivity (Wildman–Crippen MR) is 163 cm³/mol. The van der Waals surface area contributed by atoms with Gasteiger partial charge in [0.1, 0.15) is 12.2 Å². The van der Waals surface area contributed by atoms with Crippen LogP contribution in [0.5, 0.6) is 0 Å². The number of amides is 4. The Morgan fingerprint density at radius 3 is 2.40 bits per heavy atom. The van der Waals surface area contributed by atoms with Crippen LogP contribution in [0.25, 0.3) is 0 Å². The largest absolute Gasteiger partial charge is 0.481 e. The van der Waals surface area contributed by atoms with Crippen molar-refractivity contribution in [3.63, 3.8) is 0 Å². The maximum Gasteiger partial charge on any atom is 0.334 e. The van der Waals surface area contributed by atoms with Gasteiger partial charge >= 0.3 is 12.0 Å². The molecule has 0 aromatic heterocycles. The molecule has 2 aliphatic heterocycles. The summed E-state index contributed by atoms with van der Waals surface area (Å²) >= 11 is 0. The first-order chi connectivity index (χ1) is 20.7. The number of carbonyl (C=O) groups excluding carboxylic acids is 3. The lowest BCUT2D eigenvalue weighted by atomic mass is 9.89. The molecular weight excluding hydrogens is 546 g/mol. The number of allylic oxidation sites excluding steroid dienone is 4. The van der Waals surface area contributed by atoms with E-state index in [1.165, 1.54) is 9.91 Å². The third-order valence-corrected chi connectivity index (χ3v) is 7.83. The Labute approximate surface area is 252 Å². The van der Waals surface area contributed by atoms with Gasteiger partial charge in [0.15, 0.2) is 0 Å². The van der Waals surface area contributed by atoms with E-state index in [1.54, 1.807) is 23.0 Å². The van der Waals surface area contributed by atoms with Crippen LogP contribution in [0.15, 0.2) is 97.1 Å². The Hall–Kier alpha value is -4.70. The highest BCUT2D eigenvalue weighted by Gasteiger charge is 2.51. The fourth-order valence-electron chi connectivity index (χ4n) is 5.76. The van der Waals surface area contributed by atoms with Crippen molar-refractivity contribution in [1.29, 1.82) is 0 Å². The summed E-state index contributed by atoms with van der Waals surface area (Å²) in [5.74, 6) is -1.93. The third kappa shape index (κ3) is 7.39. The second-order valence-corrected chi connectivity index (χ2v) is 10.6. The number of hydrogen-bond donors (Lipinski definition) is 2. The van der Waals surface area contributed by atoms with Crippen LogP contribution >= 0.6 is 0 Å². The van der Waals surface area contributed by atoms with E-state index in [4.69, 9.17) is 0 Å². The number of hydrogen-bond acceptors (Lipinski definition) is 5. The number of aliphatic carboxylic acids is 1. The number of carbonyl (C=O) groups is 4. The molecule has 2 aliphatic rings. The molecule has 226 valence electrons. The van der Waals surface area contributed by atoms with E-state index >= 15 is 0 Å². The fraction of sp³-hybridized carbons (Fsp3) is 0.333. The molecule has 10 nitrogen and oxygen atoms in total. The molecule has 0 spiro atoms. The topological polar surface area (TPSA) is 114 Å². The second kappa shape index (κ2) is 14.5. The van der Waals surface area contributed by atoms with Crippen LogP contribution in [0.2, 0.25) is 0 Å². The zero-order valence-corrected chi connectivity index (χ0v) is 24.6. The number of benzene rings is 2. The van der Waals surface area contributed by atoms with E-state index < -0.39 is 24.2 Å². The number of nitrogens with zero attached hydrogens (tertiary/aromatic N) is 4. The summed E-state index contributed by atoms with van der Waals surface area (Å²) in [6, 6.07) is 17.9. The van der Waals surface area contributed by atoms with Crippen molar-refractivity contribution in [2.24, 2.45) is 0 Å².